The van der Waals surface area contributed by atoms with Gasteiger partial charge in [-0.3, -0.25) is 14.7 Å². The van der Waals surface area contributed by atoms with Crippen LogP contribution in [-0.2, 0) is 9.53 Å². The zero-order chi connectivity index (χ0) is 30.2. The molecular formula is C35H42N4O3S. The van der Waals surface area contributed by atoms with Crippen LogP contribution in [0.2, 0.25) is 0 Å². The van der Waals surface area contributed by atoms with Gasteiger partial charge in [0.1, 0.15) is 17.0 Å². The molecule has 2 aromatic carbocycles. The fraction of sp³-hybridized carbons (Fsp3) is 0.400. The number of nitrogens with one attached hydrogen (secondary N) is 1. The lowest BCUT2D eigenvalue weighted by molar-refractivity contribution is -0.125. The lowest BCUT2D eigenvalue weighted by atomic mass is 9.88. The molecule has 226 valence electrons. The number of pyridine rings is 1. The smallest absolute Gasteiger partial charge is 0.412 e. The zero-order valence-electron chi connectivity index (χ0n) is 25.4. The van der Waals surface area contributed by atoms with Crippen molar-refractivity contribution in [1.29, 1.82) is 0 Å². The second-order valence-corrected chi connectivity index (χ2v) is 13.2. The monoisotopic (exact) mass is 598 g/mol. The van der Waals surface area contributed by atoms with Gasteiger partial charge < -0.3 is 15.0 Å². The second kappa shape index (κ2) is 14.2. The maximum absolute atomic E-state index is 13.3. The van der Waals surface area contributed by atoms with Gasteiger partial charge in [-0.2, -0.15) is 0 Å². The minimum Gasteiger partial charge on any atom is -0.444 e. The molecular weight excluding hydrogens is 556 g/mol. The van der Waals surface area contributed by atoms with Crippen LogP contribution >= 0.6 is 11.8 Å². The summed E-state index contributed by atoms with van der Waals surface area (Å²) in [6.07, 6.45) is 5.89. The molecule has 0 saturated carbocycles. The molecule has 5 rings (SSSR count). The van der Waals surface area contributed by atoms with Crippen LogP contribution < -0.4 is 5.32 Å². The van der Waals surface area contributed by atoms with Crippen LogP contribution in [0.3, 0.4) is 0 Å². The molecule has 2 aliphatic rings. The molecule has 2 amide bonds. The lowest BCUT2D eigenvalue weighted by Crippen LogP contribution is -2.49. The van der Waals surface area contributed by atoms with Crippen LogP contribution in [0.4, 0.5) is 4.79 Å². The quantitative estimate of drug-likeness (QED) is 0.297. The Balaban J connectivity index is 1.15. The normalized spacial score (nSPS) is 19.2. The number of benzene rings is 2. The number of amides is 2. The van der Waals surface area contributed by atoms with Gasteiger partial charge in [-0.05, 0) is 69.3 Å². The van der Waals surface area contributed by atoms with Gasteiger partial charge in [0.05, 0.1) is 0 Å². The van der Waals surface area contributed by atoms with Crippen LogP contribution in [-0.4, -0.2) is 70.4 Å². The van der Waals surface area contributed by atoms with Crippen molar-refractivity contribution >= 4 is 29.3 Å². The molecule has 2 atom stereocenters. The Kier molecular flexibility index (Phi) is 10.2. The Morgan fingerprint density at radius 3 is 2.19 bits per heavy atom. The van der Waals surface area contributed by atoms with E-state index in [4.69, 9.17) is 4.74 Å². The zero-order valence-corrected chi connectivity index (χ0v) is 26.2. The third-order valence-electron chi connectivity index (χ3n) is 7.77. The van der Waals surface area contributed by atoms with E-state index in [1.807, 2.05) is 32.9 Å². The van der Waals surface area contributed by atoms with Crippen molar-refractivity contribution < 1.29 is 14.3 Å². The van der Waals surface area contributed by atoms with E-state index in [-0.39, 0.29) is 11.3 Å². The maximum atomic E-state index is 13.3. The molecule has 43 heavy (non-hydrogen) atoms. The van der Waals surface area contributed by atoms with Crippen LogP contribution in [0.1, 0.15) is 62.1 Å². The van der Waals surface area contributed by atoms with E-state index in [9.17, 15) is 9.59 Å². The number of piperidine rings is 1. The molecule has 7 nitrogen and oxygen atoms in total. The molecule has 3 aromatic rings. The minimum absolute atomic E-state index is 0.135. The summed E-state index contributed by atoms with van der Waals surface area (Å²) in [5.74, 6) is 0.376. The molecule has 0 spiro atoms. The fourth-order valence-electron chi connectivity index (χ4n) is 5.74. The van der Waals surface area contributed by atoms with Crippen molar-refractivity contribution in [3.05, 3.63) is 107 Å². The maximum Gasteiger partial charge on any atom is 0.412 e. The number of nitrogens with zero attached hydrogens (tertiary/aromatic N) is 3. The molecule has 1 aromatic heterocycles. The Morgan fingerprint density at radius 1 is 0.953 bits per heavy atom. The SMILES string of the molecule is CC(C)(C)OC(=O)N1C(C(=O)NCCCN2CCC(=C(c3ccccc3)c3ccccc3)CC2)CSC1c1cccnc1. The molecule has 2 unspecified atom stereocenters. The highest BCUT2D eigenvalue weighted by Crippen LogP contribution is 2.42. The summed E-state index contributed by atoms with van der Waals surface area (Å²) in [5, 5.41) is 2.79. The van der Waals surface area contributed by atoms with Gasteiger partial charge in [-0.15, -0.1) is 11.8 Å². The first-order chi connectivity index (χ1) is 20.8. The number of aromatic nitrogens is 1. The van der Waals surface area contributed by atoms with Crippen molar-refractivity contribution in [3.8, 4) is 0 Å². The van der Waals surface area contributed by atoms with E-state index in [0.29, 0.717) is 12.3 Å². The highest BCUT2D eigenvalue weighted by Gasteiger charge is 2.44. The Morgan fingerprint density at radius 2 is 1.60 bits per heavy atom. The Labute approximate surface area is 259 Å². The summed E-state index contributed by atoms with van der Waals surface area (Å²) in [6, 6.07) is 24.6. The molecule has 2 aliphatic heterocycles. The summed E-state index contributed by atoms with van der Waals surface area (Å²) >= 11 is 1.57. The van der Waals surface area contributed by atoms with Crippen molar-refractivity contribution in [3.63, 3.8) is 0 Å². The largest absolute Gasteiger partial charge is 0.444 e. The summed E-state index contributed by atoms with van der Waals surface area (Å²) in [5.41, 5.74) is 5.65. The standard InChI is InChI=1S/C35H42N4O3S/c1-35(2,3)42-34(41)39-30(25-43-33(39)29-16-10-19-36-24-29)32(40)37-20-11-21-38-22-17-28(18-23-38)31(26-12-6-4-7-13-26)27-14-8-5-9-15-27/h4-10,12-16,19,24,30,33H,11,17-18,20-23,25H2,1-3H3,(H,37,40). The van der Waals surface area contributed by atoms with Crippen LogP contribution in [0.25, 0.3) is 5.57 Å². The van der Waals surface area contributed by atoms with Crippen molar-refractivity contribution in [1.82, 2.24) is 20.1 Å². The van der Waals surface area contributed by atoms with Crippen LogP contribution in [0, 0.1) is 0 Å². The van der Waals surface area contributed by atoms with Gasteiger partial charge in [0.2, 0.25) is 5.91 Å². The van der Waals surface area contributed by atoms with Crippen LogP contribution in [0.15, 0.2) is 90.8 Å². The minimum atomic E-state index is -0.655. The number of thioether (sulfide) groups is 1. The number of carbonyl (C=O) groups is 2. The van der Waals surface area contributed by atoms with E-state index < -0.39 is 17.7 Å². The average molecular weight is 599 g/mol. The van der Waals surface area contributed by atoms with Gasteiger partial charge in [-0.1, -0.05) is 72.3 Å². The second-order valence-electron chi connectivity index (χ2n) is 12.1. The number of hydrogen-bond donors (Lipinski definition) is 1. The van der Waals surface area contributed by atoms with Crippen molar-refractivity contribution in [2.24, 2.45) is 0 Å². The van der Waals surface area contributed by atoms with E-state index in [2.05, 4.69) is 75.9 Å². The molecule has 0 bridgehead atoms. The van der Waals surface area contributed by atoms with Gasteiger partial charge in [0.25, 0.3) is 0 Å². The topological polar surface area (TPSA) is 74.8 Å². The number of rotatable bonds is 8. The third-order valence-corrected chi connectivity index (χ3v) is 9.09. The number of likely N-dealkylation sites (tertiary alicyclic amines) is 1. The summed E-state index contributed by atoms with van der Waals surface area (Å²) in [6.45, 7) is 9.02. The molecule has 0 aliphatic carbocycles. The van der Waals surface area contributed by atoms with Crippen molar-refractivity contribution in [2.75, 3.05) is 31.9 Å². The molecule has 1 N–H and O–H groups in total. The predicted octanol–water partition coefficient (Wildman–Crippen LogP) is 6.54. The third kappa shape index (κ3) is 8.06. The van der Waals surface area contributed by atoms with Gasteiger partial charge in [0, 0.05) is 43.3 Å². The number of ether oxygens (including phenoxy) is 1. The molecule has 2 saturated heterocycles. The van der Waals surface area contributed by atoms with E-state index in [0.717, 1.165) is 44.5 Å². The number of hydrogen-bond acceptors (Lipinski definition) is 6. The van der Waals surface area contributed by atoms with Gasteiger partial charge >= 0.3 is 6.09 Å². The predicted molar refractivity (Wildman–Crippen MR) is 174 cm³/mol. The molecule has 2 fully saturated rings. The molecule has 8 heteroatoms. The van der Waals surface area contributed by atoms with Crippen molar-refractivity contribution in [2.45, 2.75) is 57.1 Å². The van der Waals surface area contributed by atoms with Gasteiger partial charge in [0.15, 0.2) is 0 Å². The summed E-state index contributed by atoms with van der Waals surface area (Å²) in [7, 11) is 0. The highest BCUT2D eigenvalue weighted by atomic mass is 32.2. The Hall–Kier alpha value is -3.62. The first kappa shape index (κ1) is 30.8. The van der Waals surface area contributed by atoms with Gasteiger partial charge in [-0.25, -0.2) is 4.79 Å². The summed E-state index contributed by atoms with van der Waals surface area (Å²) in [4.78, 5) is 34.8. The first-order valence-electron chi connectivity index (χ1n) is 15.2. The first-order valence-corrected chi connectivity index (χ1v) is 16.2. The lowest BCUT2D eigenvalue weighted by Gasteiger charge is -2.31. The molecule has 0 radical (unpaired) electrons. The fourth-order valence-corrected chi connectivity index (χ4v) is 7.14. The van der Waals surface area contributed by atoms with E-state index in [1.165, 1.54) is 22.3 Å². The van der Waals surface area contributed by atoms with Crippen LogP contribution in [0.5, 0.6) is 0 Å². The highest BCUT2D eigenvalue weighted by molar-refractivity contribution is 7.99. The summed E-state index contributed by atoms with van der Waals surface area (Å²) < 4.78 is 5.70. The molecule has 3 heterocycles. The van der Waals surface area contributed by atoms with E-state index in [1.54, 1.807) is 29.1 Å². The van der Waals surface area contributed by atoms with E-state index >= 15 is 0 Å². The Bertz CT molecular complexity index is 1340. The number of carbonyl (C=O) groups excluding carboxylic acids is 2. The average Bonchev–Trinajstić information content (AvgIpc) is 3.47.